The Hall–Kier alpha value is -2.73. The summed E-state index contributed by atoms with van der Waals surface area (Å²) in [5, 5.41) is 9.96. The molecule has 1 N–H and O–H groups in total. The van der Waals surface area contributed by atoms with Gasteiger partial charge >= 0.3 is 0 Å². The number of carbonyl (C=O) groups is 1. The van der Waals surface area contributed by atoms with Gasteiger partial charge in [-0.05, 0) is 66.5 Å². The van der Waals surface area contributed by atoms with Gasteiger partial charge in [-0.25, -0.2) is 0 Å². The molecule has 0 aromatic heterocycles. The fourth-order valence-electron chi connectivity index (χ4n) is 4.85. The van der Waals surface area contributed by atoms with Crippen LogP contribution in [-0.2, 0) is 22.4 Å². The number of ether oxygens (including phenoxy) is 4. The molecule has 0 radical (unpaired) electrons. The van der Waals surface area contributed by atoms with Gasteiger partial charge in [0.25, 0.3) is 0 Å². The van der Waals surface area contributed by atoms with E-state index >= 15 is 0 Å². The number of carbonyl (C=O) groups excluding carboxylic acids is 1. The van der Waals surface area contributed by atoms with Gasteiger partial charge in [0.05, 0.1) is 34.0 Å². The number of benzene rings is 2. The Morgan fingerprint density at radius 3 is 2.32 bits per heavy atom. The summed E-state index contributed by atoms with van der Waals surface area (Å²) in [5.41, 5.74) is 2.21. The van der Waals surface area contributed by atoms with Crippen molar-refractivity contribution in [1.82, 2.24) is 0 Å². The molecule has 34 heavy (non-hydrogen) atoms. The molecule has 3 atom stereocenters. The minimum absolute atomic E-state index is 0.105. The molecule has 2 aromatic rings. The zero-order chi connectivity index (χ0) is 24.5. The maximum absolute atomic E-state index is 12.7. The first-order valence-electron chi connectivity index (χ1n) is 12.2. The lowest BCUT2D eigenvalue weighted by molar-refractivity contribution is -0.121. The van der Waals surface area contributed by atoms with Gasteiger partial charge in [0.2, 0.25) is 0 Å². The molecule has 6 heteroatoms. The first-order valence-corrected chi connectivity index (χ1v) is 12.2. The van der Waals surface area contributed by atoms with Crippen LogP contribution in [0.25, 0.3) is 0 Å². The highest BCUT2D eigenvalue weighted by molar-refractivity contribution is 5.78. The Labute approximate surface area is 203 Å². The van der Waals surface area contributed by atoms with Gasteiger partial charge in [0, 0.05) is 12.8 Å². The molecular formula is C28H38O6. The van der Waals surface area contributed by atoms with E-state index in [2.05, 4.69) is 13.0 Å². The summed E-state index contributed by atoms with van der Waals surface area (Å²) >= 11 is 0. The zero-order valence-corrected chi connectivity index (χ0v) is 20.8. The Morgan fingerprint density at radius 2 is 1.62 bits per heavy atom. The minimum atomic E-state index is -0.105. The number of methoxy groups -OCH3 is 3. The number of aromatic hydroxyl groups is 1. The Balaban J connectivity index is 1.79. The van der Waals surface area contributed by atoms with Crippen molar-refractivity contribution in [3.63, 3.8) is 0 Å². The van der Waals surface area contributed by atoms with Crippen molar-refractivity contribution in [2.45, 2.75) is 58.0 Å². The summed E-state index contributed by atoms with van der Waals surface area (Å²) < 4.78 is 22.4. The highest BCUT2D eigenvalue weighted by Gasteiger charge is 2.38. The Bertz CT molecular complexity index is 940. The number of rotatable bonds is 13. The fraction of sp³-hybridized carbons (Fsp3) is 0.536. The standard InChI is InChI=1S/C28H38O6/c1-5-6-7-8-22(29)17-26-23(14-20-10-12-25(31-2)28(16-20)33-4)21(18-34-26)13-19-9-11-24(30)27(15-19)32-3/h9-12,15-16,21,23,26,30H,5-8,13-14,17-18H2,1-4H3/t21-,23+,26?/m0/s1. The van der Waals surface area contributed by atoms with Gasteiger partial charge in [-0.2, -0.15) is 0 Å². The van der Waals surface area contributed by atoms with Crippen LogP contribution in [0.15, 0.2) is 36.4 Å². The van der Waals surface area contributed by atoms with E-state index < -0.39 is 0 Å². The van der Waals surface area contributed by atoms with Crippen molar-refractivity contribution in [2.75, 3.05) is 27.9 Å². The molecule has 0 aliphatic carbocycles. The summed E-state index contributed by atoms with van der Waals surface area (Å²) in [6.07, 6.45) is 5.67. The van der Waals surface area contributed by atoms with E-state index in [-0.39, 0.29) is 29.5 Å². The smallest absolute Gasteiger partial charge is 0.160 e. The zero-order valence-electron chi connectivity index (χ0n) is 20.8. The maximum Gasteiger partial charge on any atom is 0.160 e. The topological polar surface area (TPSA) is 74.2 Å². The molecule has 1 aliphatic heterocycles. The summed E-state index contributed by atoms with van der Waals surface area (Å²) in [5.74, 6) is 2.71. The van der Waals surface area contributed by atoms with Crippen LogP contribution in [0.1, 0.15) is 50.2 Å². The van der Waals surface area contributed by atoms with Crippen LogP contribution in [0.5, 0.6) is 23.0 Å². The lowest BCUT2D eigenvalue weighted by Gasteiger charge is -2.24. The molecule has 6 nitrogen and oxygen atoms in total. The van der Waals surface area contributed by atoms with E-state index in [1.54, 1.807) is 27.4 Å². The first kappa shape index (κ1) is 25.9. The predicted octanol–water partition coefficient (Wildman–Crippen LogP) is 5.37. The van der Waals surface area contributed by atoms with Gasteiger partial charge in [0.1, 0.15) is 5.78 Å². The molecule has 2 aromatic carbocycles. The van der Waals surface area contributed by atoms with Gasteiger partial charge in [-0.1, -0.05) is 31.9 Å². The van der Waals surface area contributed by atoms with Crippen molar-refractivity contribution in [1.29, 1.82) is 0 Å². The van der Waals surface area contributed by atoms with Crippen molar-refractivity contribution in [2.24, 2.45) is 11.8 Å². The van der Waals surface area contributed by atoms with Crippen molar-refractivity contribution >= 4 is 5.78 Å². The minimum Gasteiger partial charge on any atom is -0.504 e. The fourth-order valence-corrected chi connectivity index (χ4v) is 4.85. The van der Waals surface area contributed by atoms with Gasteiger partial charge in [-0.15, -0.1) is 0 Å². The highest BCUT2D eigenvalue weighted by atomic mass is 16.5. The quantitative estimate of drug-likeness (QED) is 0.397. The van der Waals surface area contributed by atoms with E-state index in [0.717, 1.165) is 43.2 Å². The van der Waals surface area contributed by atoms with E-state index in [1.165, 1.54) is 0 Å². The van der Waals surface area contributed by atoms with Crippen LogP contribution in [0.2, 0.25) is 0 Å². The van der Waals surface area contributed by atoms with E-state index in [4.69, 9.17) is 18.9 Å². The first-order chi connectivity index (χ1) is 16.5. The Kier molecular flexibility index (Phi) is 9.63. The number of phenols is 1. The van der Waals surface area contributed by atoms with Crippen LogP contribution in [0.3, 0.4) is 0 Å². The number of unbranched alkanes of at least 4 members (excludes halogenated alkanes) is 2. The molecule has 0 saturated carbocycles. The average molecular weight is 471 g/mol. The second kappa shape index (κ2) is 12.7. The molecular weight excluding hydrogens is 432 g/mol. The molecule has 3 rings (SSSR count). The third-order valence-electron chi connectivity index (χ3n) is 6.76. The van der Waals surface area contributed by atoms with Gasteiger partial charge in [0.15, 0.2) is 23.0 Å². The van der Waals surface area contributed by atoms with Gasteiger partial charge in [-0.3, -0.25) is 4.79 Å². The molecule has 1 fully saturated rings. The van der Waals surface area contributed by atoms with E-state index in [1.807, 2.05) is 24.3 Å². The SMILES string of the molecule is CCCCCC(=O)CC1OC[C@H](Cc2ccc(O)c(OC)c2)[C@H]1Cc1ccc(OC)c(OC)c1. The number of hydrogen-bond acceptors (Lipinski definition) is 6. The number of Topliss-reactive ketones (excluding diaryl/α,β-unsaturated/α-hetero) is 1. The molecule has 1 unspecified atom stereocenters. The number of ketones is 1. The molecule has 0 amide bonds. The van der Waals surface area contributed by atoms with Crippen LogP contribution >= 0.6 is 0 Å². The molecule has 0 spiro atoms. The van der Waals surface area contributed by atoms with E-state index in [9.17, 15) is 9.90 Å². The third kappa shape index (κ3) is 6.66. The third-order valence-corrected chi connectivity index (χ3v) is 6.76. The summed E-state index contributed by atoms with van der Waals surface area (Å²) in [6, 6.07) is 11.5. The van der Waals surface area contributed by atoms with E-state index in [0.29, 0.717) is 36.7 Å². The second-order valence-electron chi connectivity index (χ2n) is 9.10. The summed E-state index contributed by atoms with van der Waals surface area (Å²) in [6.45, 7) is 2.75. The van der Waals surface area contributed by atoms with Crippen molar-refractivity contribution < 1.29 is 28.8 Å². The Morgan fingerprint density at radius 1 is 0.941 bits per heavy atom. The lowest BCUT2D eigenvalue weighted by Crippen LogP contribution is -2.26. The molecule has 186 valence electrons. The molecule has 0 bridgehead atoms. The normalized spacial score (nSPS) is 19.7. The van der Waals surface area contributed by atoms with Crippen LogP contribution < -0.4 is 14.2 Å². The van der Waals surface area contributed by atoms with Gasteiger partial charge < -0.3 is 24.1 Å². The summed E-state index contributed by atoms with van der Waals surface area (Å²) in [4.78, 5) is 12.7. The lowest BCUT2D eigenvalue weighted by atomic mass is 9.80. The molecule has 1 saturated heterocycles. The highest BCUT2D eigenvalue weighted by Crippen LogP contribution is 2.38. The van der Waals surface area contributed by atoms with Crippen LogP contribution in [-0.4, -0.2) is 44.9 Å². The maximum atomic E-state index is 12.7. The monoisotopic (exact) mass is 470 g/mol. The average Bonchev–Trinajstić information content (AvgIpc) is 3.20. The second-order valence-corrected chi connectivity index (χ2v) is 9.10. The summed E-state index contributed by atoms with van der Waals surface area (Å²) in [7, 11) is 4.82. The van der Waals surface area contributed by atoms with Crippen molar-refractivity contribution in [3.8, 4) is 23.0 Å². The van der Waals surface area contributed by atoms with Crippen LogP contribution in [0, 0.1) is 11.8 Å². The predicted molar refractivity (Wildman–Crippen MR) is 132 cm³/mol. The van der Waals surface area contributed by atoms with Crippen molar-refractivity contribution in [3.05, 3.63) is 47.5 Å². The number of hydrogen-bond donors (Lipinski definition) is 1. The molecule has 1 aliphatic rings. The van der Waals surface area contributed by atoms with Crippen LogP contribution in [0.4, 0.5) is 0 Å². The molecule has 1 heterocycles. The number of phenolic OH excluding ortho intramolecular Hbond substituents is 1. The largest absolute Gasteiger partial charge is 0.504 e.